The number of H-pyrrole nitrogens is 1. The van der Waals surface area contributed by atoms with Gasteiger partial charge in [-0.05, 0) is 44.8 Å². The number of piperidine rings is 3. The van der Waals surface area contributed by atoms with Crippen molar-refractivity contribution in [1.82, 2.24) is 19.7 Å². The van der Waals surface area contributed by atoms with E-state index < -0.39 is 0 Å². The van der Waals surface area contributed by atoms with Gasteiger partial charge in [0.25, 0.3) is 5.91 Å². The molecule has 1 aromatic rings. The molecule has 5 rings (SSSR count). The quantitative estimate of drug-likeness (QED) is 0.892. The molecule has 1 atom stereocenters. The third-order valence-corrected chi connectivity index (χ3v) is 5.88. The summed E-state index contributed by atoms with van der Waals surface area (Å²) in [4.78, 5) is 23.0. The number of amides is 1. The summed E-state index contributed by atoms with van der Waals surface area (Å²) in [5.41, 5.74) is 1.81. The number of hydrogen-bond acceptors (Lipinski definition) is 3. The molecule has 4 saturated heterocycles. The van der Waals surface area contributed by atoms with Crippen LogP contribution in [0.4, 0.5) is 0 Å². The van der Waals surface area contributed by atoms with E-state index in [1.54, 1.807) is 0 Å². The Morgan fingerprint density at radius 2 is 1.86 bits per heavy atom. The largest absolute Gasteiger partial charge is 0.365 e. The number of nitrogens with one attached hydrogen (secondary N) is 1. The predicted octanol–water partition coefficient (Wildman–Crippen LogP) is 1.18. The molecule has 1 N–H and O–H groups in total. The SMILES string of the molecule is Cc1[nH]ccc1C(=O)N1CCN([C@H]2CN3CCC2CC3)CC1. The summed E-state index contributed by atoms with van der Waals surface area (Å²) in [6, 6.07) is 2.63. The van der Waals surface area contributed by atoms with Crippen LogP contribution in [0.25, 0.3) is 0 Å². The Morgan fingerprint density at radius 3 is 2.41 bits per heavy atom. The smallest absolute Gasteiger partial charge is 0.255 e. The molecule has 4 aliphatic rings. The first-order chi connectivity index (χ1) is 10.7. The van der Waals surface area contributed by atoms with E-state index in [1.165, 1.54) is 32.5 Å². The molecule has 4 aliphatic heterocycles. The van der Waals surface area contributed by atoms with Gasteiger partial charge in [-0.15, -0.1) is 0 Å². The monoisotopic (exact) mass is 302 g/mol. The zero-order valence-corrected chi connectivity index (χ0v) is 13.4. The van der Waals surface area contributed by atoms with Crippen LogP contribution in [-0.4, -0.2) is 77.4 Å². The number of carbonyl (C=O) groups excluding carboxylic acids is 1. The summed E-state index contributed by atoms with van der Waals surface area (Å²) in [6.07, 6.45) is 4.59. The maximum atomic E-state index is 12.6. The van der Waals surface area contributed by atoms with Gasteiger partial charge in [0.15, 0.2) is 0 Å². The lowest BCUT2D eigenvalue weighted by molar-refractivity contribution is -0.0131. The zero-order chi connectivity index (χ0) is 15.1. The van der Waals surface area contributed by atoms with E-state index in [2.05, 4.69) is 14.8 Å². The Bertz CT molecular complexity index is 539. The highest BCUT2D eigenvalue weighted by Gasteiger charge is 2.38. The average Bonchev–Trinajstić information content (AvgIpc) is 3.01. The van der Waals surface area contributed by atoms with Crippen molar-refractivity contribution >= 4 is 5.91 Å². The number of aryl methyl sites for hydroxylation is 1. The Balaban J connectivity index is 1.37. The number of carbonyl (C=O) groups is 1. The van der Waals surface area contributed by atoms with Crippen molar-refractivity contribution in [2.24, 2.45) is 5.92 Å². The number of rotatable bonds is 2. The molecule has 1 amide bonds. The summed E-state index contributed by atoms with van der Waals surface area (Å²) in [6.45, 7) is 9.61. The van der Waals surface area contributed by atoms with Crippen molar-refractivity contribution in [2.45, 2.75) is 25.8 Å². The molecular weight excluding hydrogens is 276 g/mol. The molecule has 0 aromatic carbocycles. The van der Waals surface area contributed by atoms with E-state index in [0.717, 1.165) is 49.4 Å². The highest BCUT2D eigenvalue weighted by atomic mass is 16.2. The number of piperazine rings is 1. The minimum atomic E-state index is 0.187. The Kier molecular flexibility index (Phi) is 3.70. The van der Waals surface area contributed by atoms with Crippen molar-refractivity contribution in [3.63, 3.8) is 0 Å². The van der Waals surface area contributed by atoms with Gasteiger partial charge >= 0.3 is 0 Å². The topological polar surface area (TPSA) is 42.6 Å². The fourth-order valence-corrected chi connectivity index (χ4v) is 4.46. The van der Waals surface area contributed by atoms with Gasteiger partial charge in [-0.1, -0.05) is 0 Å². The molecule has 5 heterocycles. The van der Waals surface area contributed by atoms with Gasteiger partial charge in [0, 0.05) is 50.7 Å². The van der Waals surface area contributed by atoms with E-state index >= 15 is 0 Å². The molecule has 22 heavy (non-hydrogen) atoms. The van der Waals surface area contributed by atoms with E-state index in [4.69, 9.17) is 0 Å². The van der Waals surface area contributed by atoms with Crippen LogP contribution in [0.1, 0.15) is 28.9 Å². The third kappa shape index (κ3) is 2.46. The summed E-state index contributed by atoms with van der Waals surface area (Å²) < 4.78 is 0. The molecular formula is C17H26N4O. The lowest BCUT2D eigenvalue weighted by Gasteiger charge is -2.51. The second kappa shape index (κ2) is 5.70. The minimum absolute atomic E-state index is 0.187. The van der Waals surface area contributed by atoms with Crippen molar-refractivity contribution < 1.29 is 4.79 Å². The molecule has 0 radical (unpaired) electrons. The van der Waals surface area contributed by atoms with Crippen molar-refractivity contribution in [3.8, 4) is 0 Å². The minimum Gasteiger partial charge on any atom is -0.365 e. The van der Waals surface area contributed by atoms with Crippen molar-refractivity contribution in [2.75, 3.05) is 45.8 Å². The fourth-order valence-electron chi connectivity index (χ4n) is 4.46. The number of nitrogens with zero attached hydrogens (tertiary/aromatic N) is 3. The first-order valence-electron chi connectivity index (χ1n) is 8.62. The first kappa shape index (κ1) is 14.3. The van der Waals surface area contributed by atoms with Crippen molar-refractivity contribution in [1.29, 1.82) is 0 Å². The average molecular weight is 302 g/mol. The highest BCUT2D eigenvalue weighted by molar-refractivity contribution is 5.95. The van der Waals surface area contributed by atoms with E-state index in [1.807, 2.05) is 24.1 Å². The predicted molar refractivity (Wildman–Crippen MR) is 86.0 cm³/mol. The number of aromatic nitrogens is 1. The molecule has 0 unspecified atom stereocenters. The van der Waals surface area contributed by atoms with Gasteiger partial charge in [-0.3, -0.25) is 9.69 Å². The van der Waals surface area contributed by atoms with Gasteiger partial charge in [0.1, 0.15) is 0 Å². The van der Waals surface area contributed by atoms with Crippen LogP contribution < -0.4 is 0 Å². The summed E-state index contributed by atoms with van der Waals surface area (Å²) in [7, 11) is 0. The van der Waals surface area contributed by atoms with Crippen molar-refractivity contribution in [3.05, 3.63) is 23.5 Å². The lowest BCUT2D eigenvalue weighted by atomic mass is 9.83. The maximum absolute atomic E-state index is 12.6. The summed E-state index contributed by atoms with van der Waals surface area (Å²) >= 11 is 0. The normalized spacial score (nSPS) is 32.4. The Morgan fingerprint density at radius 1 is 1.14 bits per heavy atom. The molecule has 0 saturated carbocycles. The van der Waals surface area contributed by atoms with Crippen LogP contribution in [0.15, 0.2) is 12.3 Å². The second-order valence-electron chi connectivity index (χ2n) is 7.05. The van der Waals surface area contributed by atoms with Crippen LogP contribution in [0.3, 0.4) is 0 Å². The van der Waals surface area contributed by atoms with Gasteiger partial charge in [-0.25, -0.2) is 0 Å². The highest BCUT2D eigenvalue weighted by Crippen LogP contribution is 2.31. The van der Waals surface area contributed by atoms with Crippen LogP contribution in [0.5, 0.6) is 0 Å². The summed E-state index contributed by atoms with van der Waals surface area (Å²) in [5, 5.41) is 0. The maximum Gasteiger partial charge on any atom is 0.255 e. The molecule has 120 valence electrons. The Hall–Kier alpha value is -1.33. The molecule has 2 bridgehead atoms. The zero-order valence-electron chi connectivity index (χ0n) is 13.4. The number of fused-ring (bicyclic) bond motifs is 3. The third-order valence-electron chi connectivity index (χ3n) is 5.88. The first-order valence-corrected chi connectivity index (χ1v) is 8.62. The van der Waals surface area contributed by atoms with Crippen LogP contribution in [0.2, 0.25) is 0 Å². The second-order valence-corrected chi connectivity index (χ2v) is 7.05. The van der Waals surface area contributed by atoms with Crippen LogP contribution in [0, 0.1) is 12.8 Å². The van der Waals surface area contributed by atoms with Crippen LogP contribution >= 0.6 is 0 Å². The Labute approximate surface area is 132 Å². The summed E-state index contributed by atoms with van der Waals surface area (Å²) in [5.74, 6) is 1.08. The van der Waals surface area contributed by atoms with Gasteiger partial charge in [0.2, 0.25) is 0 Å². The van der Waals surface area contributed by atoms with Gasteiger partial charge in [-0.2, -0.15) is 0 Å². The molecule has 1 aromatic heterocycles. The van der Waals surface area contributed by atoms with E-state index in [-0.39, 0.29) is 5.91 Å². The number of aromatic amines is 1. The molecule has 5 heteroatoms. The van der Waals surface area contributed by atoms with Crippen LogP contribution in [-0.2, 0) is 0 Å². The molecule has 4 fully saturated rings. The molecule has 5 nitrogen and oxygen atoms in total. The van der Waals surface area contributed by atoms with E-state index in [0.29, 0.717) is 0 Å². The van der Waals surface area contributed by atoms with E-state index in [9.17, 15) is 4.79 Å². The van der Waals surface area contributed by atoms with Gasteiger partial charge < -0.3 is 14.8 Å². The fraction of sp³-hybridized carbons (Fsp3) is 0.706. The lowest BCUT2D eigenvalue weighted by Crippen LogP contribution is -2.61. The molecule has 0 aliphatic carbocycles. The molecule has 0 spiro atoms. The van der Waals surface area contributed by atoms with Gasteiger partial charge in [0.05, 0.1) is 5.56 Å². The standard InChI is InChI=1S/C17H26N4O/c1-13-15(2-5-18-13)17(22)21-10-8-20(9-11-21)16-12-19-6-3-14(16)4-7-19/h2,5,14,16,18H,3-4,6-12H2,1H3/t16-/m0/s1. The number of hydrogen-bond donors (Lipinski definition) is 1.